The number of hydrogen-bond donors (Lipinski definition) is 0. The van der Waals surface area contributed by atoms with Crippen LogP contribution >= 0.6 is 35.8 Å². The lowest BCUT2D eigenvalue weighted by Crippen LogP contribution is -2.50. The monoisotopic (exact) mass is 429 g/mol. The third-order valence-electron chi connectivity index (χ3n) is 5.24. The number of halogens is 2. The van der Waals surface area contributed by atoms with Crippen LogP contribution in [-0.2, 0) is 4.79 Å². The zero-order valence-electron chi connectivity index (χ0n) is 16.2. The van der Waals surface area contributed by atoms with Crippen molar-refractivity contribution in [3.8, 4) is 0 Å². The van der Waals surface area contributed by atoms with Crippen LogP contribution in [0.2, 0.25) is 5.02 Å². The molecule has 150 valence electrons. The van der Waals surface area contributed by atoms with Crippen LogP contribution in [0, 0.1) is 0 Å². The molecule has 1 saturated heterocycles. The number of carbonyl (C=O) groups is 1. The molecule has 1 aliphatic carbocycles. The highest BCUT2D eigenvalue weighted by Gasteiger charge is 2.40. The predicted molar refractivity (Wildman–Crippen MR) is 119 cm³/mol. The quantitative estimate of drug-likeness (QED) is 0.587. The van der Waals surface area contributed by atoms with E-state index in [-0.39, 0.29) is 29.7 Å². The first kappa shape index (κ1) is 22.4. The highest BCUT2D eigenvalue weighted by atomic mass is 35.5. The van der Waals surface area contributed by atoms with E-state index in [1.54, 1.807) is 18.7 Å². The Morgan fingerprint density at radius 1 is 1.19 bits per heavy atom. The summed E-state index contributed by atoms with van der Waals surface area (Å²) in [6.45, 7) is 3.80. The minimum Gasteiger partial charge on any atom is -0.333 e. The molecule has 7 heteroatoms. The zero-order chi connectivity index (χ0) is 18.7. The van der Waals surface area contributed by atoms with Gasteiger partial charge >= 0.3 is 0 Å². The Hall–Kier alpha value is -0.910. The average molecular weight is 430 g/mol. The molecule has 4 nitrogen and oxygen atoms in total. The number of benzene rings is 1. The van der Waals surface area contributed by atoms with Crippen LogP contribution in [0.25, 0.3) is 0 Å². The van der Waals surface area contributed by atoms with Gasteiger partial charge in [-0.15, -0.1) is 12.4 Å². The van der Waals surface area contributed by atoms with Gasteiger partial charge in [0.05, 0.1) is 6.04 Å². The van der Waals surface area contributed by atoms with Crippen LogP contribution in [0.4, 0.5) is 5.69 Å². The number of amidine groups is 1. The molecule has 0 aromatic heterocycles. The molecule has 1 aromatic rings. The van der Waals surface area contributed by atoms with Crippen molar-refractivity contribution in [2.75, 3.05) is 11.9 Å². The summed E-state index contributed by atoms with van der Waals surface area (Å²) in [5.41, 5.74) is 0.877. The third kappa shape index (κ3) is 5.33. The molecule has 1 aliphatic heterocycles. The molecule has 2 unspecified atom stereocenters. The largest absolute Gasteiger partial charge is 0.333 e. The van der Waals surface area contributed by atoms with Crippen LogP contribution in [0.15, 0.2) is 29.3 Å². The highest BCUT2D eigenvalue weighted by Crippen LogP contribution is 2.36. The fourth-order valence-corrected chi connectivity index (χ4v) is 5.28. The fourth-order valence-electron chi connectivity index (χ4n) is 3.91. The molecule has 1 aromatic carbocycles. The van der Waals surface area contributed by atoms with Crippen molar-refractivity contribution in [1.82, 2.24) is 4.90 Å². The maximum absolute atomic E-state index is 12.5. The van der Waals surface area contributed by atoms with E-state index in [0.717, 1.165) is 10.9 Å². The smallest absolute Gasteiger partial charge is 0.225 e. The number of hydrogen-bond acceptors (Lipinski definition) is 3. The number of nitrogens with zero attached hydrogens (tertiary/aromatic N) is 3. The van der Waals surface area contributed by atoms with Crippen LogP contribution in [0.3, 0.4) is 0 Å². The van der Waals surface area contributed by atoms with Gasteiger partial charge in [0.2, 0.25) is 5.91 Å². The SMILES string of the molecule is CC(=O)N(c1ccc(Cl)cc1)C1C(C)SC(=NC2CCCCCC2)N1C.Cl. The van der Waals surface area contributed by atoms with Crippen molar-refractivity contribution >= 4 is 52.5 Å². The second-order valence-electron chi connectivity index (χ2n) is 7.27. The lowest BCUT2D eigenvalue weighted by Gasteiger charge is -2.35. The Labute approximate surface area is 178 Å². The summed E-state index contributed by atoms with van der Waals surface area (Å²) in [6, 6.07) is 7.92. The molecule has 0 N–H and O–H groups in total. The molecule has 3 rings (SSSR count). The molecule has 27 heavy (non-hydrogen) atoms. The molecular formula is C20H29Cl2N3OS. The maximum atomic E-state index is 12.5. The standard InChI is InChI=1S/C20H28ClN3OS.ClH/c1-14-19(24(15(2)25)18-12-10-16(21)11-13-18)23(3)20(26-14)22-17-8-6-4-5-7-9-17;/h10-14,17,19H,4-9H2,1-3H3;1H. The van der Waals surface area contributed by atoms with E-state index in [2.05, 4.69) is 18.9 Å². The summed E-state index contributed by atoms with van der Waals surface area (Å²) in [5.74, 6) is 0.0346. The van der Waals surface area contributed by atoms with E-state index in [4.69, 9.17) is 16.6 Å². The summed E-state index contributed by atoms with van der Waals surface area (Å²) >= 11 is 7.80. The van der Waals surface area contributed by atoms with Gasteiger partial charge in [0.15, 0.2) is 5.17 Å². The van der Waals surface area contributed by atoms with Crippen molar-refractivity contribution in [2.45, 2.75) is 69.8 Å². The lowest BCUT2D eigenvalue weighted by atomic mass is 10.1. The van der Waals surface area contributed by atoms with Gasteiger partial charge in [-0.1, -0.05) is 49.0 Å². The van der Waals surface area contributed by atoms with Gasteiger partial charge in [-0.05, 0) is 44.0 Å². The van der Waals surface area contributed by atoms with E-state index in [1.165, 1.54) is 38.5 Å². The molecule has 0 bridgehead atoms. The first-order valence-corrected chi connectivity index (χ1v) is 10.8. The highest BCUT2D eigenvalue weighted by molar-refractivity contribution is 8.14. The molecule has 2 aliphatic rings. The summed E-state index contributed by atoms with van der Waals surface area (Å²) in [5, 5.41) is 1.99. The second kappa shape index (κ2) is 10.0. The van der Waals surface area contributed by atoms with Crippen molar-refractivity contribution in [3.05, 3.63) is 29.3 Å². The number of aliphatic imine (C=N–C) groups is 1. The molecule has 1 heterocycles. The van der Waals surface area contributed by atoms with Crippen LogP contribution in [-0.4, -0.2) is 40.5 Å². The van der Waals surface area contributed by atoms with E-state index in [1.807, 2.05) is 29.2 Å². The molecule has 1 saturated carbocycles. The molecule has 0 radical (unpaired) electrons. The Balaban J connectivity index is 0.00000261. The Bertz CT molecular complexity index is 660. The Morgan fingerprint density at radius 3 is 2.33 bits per heavy atom. The Kier molecular flexibility index (Phi) is 8.32. The van der Waals surface area contributed by atoms with Crippen molar-refractivity contribution < 1.29 is 4.79 Å². The van der Waals surface area contributed by atoms with Gasteiger partial charge < -0.3 is 4.90 Å². The van der Waals surface area contributed by atoms with Gasteiger partial charge in [0.25, 0.3) is 0 Å². The van der Waals surface area contributed by atoms with E-state index in [0.29, 0.717) is 11.1 Å². The number of anilines is 1. The number of thioether (sulfide) groups is 1. The van der Waals surface area contributed by atoms with Gasteiger partial charge in [0, 0.05) is 29.9 Å². The average Bonchev–Trinajstić information content (AvgIpc) is 2.79. The first-order chi connectivity index (χ1) is 12.5. The molecule has 1 amide bonds. The van der Waals surface area contributed by atoms with Crippen LogP contribution in [0.1, 0.15) is 52.4 Å². The van der Waals surface area contributed by atoms with Crippen LogP contribution < -0.4 is 4.90 Å². The summed E-state index contributed by atoms with van der Waals surface area (Å²) in [6.07, 6.45) is 7.55. The van der Waals surface area contributed by atoms with E-state index >= 15 is 0 Å². The fraction of sp³-hybridized carbons (Fsp3) is 0.600. The summed E-state index contributed by atoms with van der Waals surface area (Å²) in [7, 11) is 2.06. The van der Waals surface area contributed by atoms with Crippen molar-refractivity contribution in [3.63, 3.8) is 0 Å². The first-order valence-electron chi connectivity index (χ1n) is 9.50. The summed E-state index contributed by atoms with van der Waals surface area (Å²) in [4.78, 5) is 21.6. The van der Waals surface area contributed by atoms with Gasteiger partial charge in [0.1, 0.15) is 6.17 Å². The van der Waals surface area contributed by atoms with E-state index in [9.17, 15) is 4.79 Å². The number of carbonyl (C=O) groups excluding carboxylic acids is 1. The predicted octanol–water partition coefficient (Wildman–Crippen LogP) is 5.59. The van der Waals surface area contributed by atoms with Gasteiger partial charge in [-0.3, -0.25) is 14.7 Å². The minimum absolute atomic E-state index is 0. The number of rotatable bonds is 3. The summed E-state index contributed by atoms with van der Waals surface area (Å²) < 4.78 is 0. The third-order valence-corrected chi connectivity index (χ3v) is 6.71. The topological polar surface area (TPSA) is 35.9 Å². The van der Waals surface area contributed by atoms with Crippen LogP contribution in [0.5, 0.6) is 0 Å². The second-order valence-corrected chi connectivity index (χ2v) is 9.05. The maximum Gasteiger partial charge on any atom is 0.225 e. The zero-order valence-corrected chi connectivity index (χ0v) is 18.6. The van der Waals surface area contributed by atoms with E-state index < -0.39 is 0 Å². The minimum atomic E-state index is -0.0387. The number of amides is 1. The molecule has 0 spiro atoms. The van der Waals surface area contributed by atoms with Gasteiger partial charge in [-0.2, -0.15) is 0 Å². The molecular weight excluding hydrogens is 401 g/mol. The molecule has 2 atom stereocenters. The Morgan fingerprint density at radius 2 is 1.78 bits per heavy atom. The van der Waals surface area contributed by atoms with Gasteiger partial charge in [-0.25, -0.2) is 0 Å². The van der Waals surface area contributed by atoms with Crippen molar-refractivity contribution in [2.24, 2.45) is 4.99 Å². The molecule has 2 fully saturated rings. The van der Waals surface area contributed by atoms with Crippen molar-refractivity contribution in [1.29, 1.82) is 0 Å². The normalized spacial score (nSPS) is 25.2. The lowest BCUT2D eigenvalue weighted by molar-refractivity contribution is -0.117.